The molecular weight excluding hydrogens is 201 g/mol. The average Bonchev–Trinajstić information content (AvgIpc) is 2.15. The van der Waals surface area contributed by atoms with Gasteiger partial charge in [-0.05, 0) is 0 Å². The summed E-state index contributed by atoms with van der Waals surface area (Å²) in [5.41, 5.74) is 3.81. The first-order valence-electron chi connectivity index (χ1n) is 3.32. The molecule has 5 nitrogen and oxygen atoms in total. The molecule has 0 bridgehead atoms. The van der Waals surface area contributed by atoms with E-state index in [0.717, 1.165) is 6.20 Å². The number of nitrogens with zero attached hydrogens (tertiary/aromatic N) is 3. The maximum absolute atomic E-state index is 12.0. The highest BCUT2D eigenvalue weighted by Crippen LogP contribution is 2.26. The van der Waals surface area contributed by atoms with Crippen LogP contribution in [0.3, 0.4) is 0 Å². The minimum atomic E-state index is -4.54. The second-order valence-electron chi connectivity index (χ2n) is 2.27. The second-order valence-corrected chi connectivity index (χ2v) is 2.27. The Morgan fingerprint density at radius 1 is 1.36 bits per heavy atom. The molecule has 0 atom stereocenters. The Morgan fingerprint density at radius 2 is 2.00 bits per heavy atom. The molecule has 0 aliphatic heterocycles. The number of amidine groups is 1. The number of aromatic nitrogens is 2. The van der Waals surface area contributed by atoms with Gasteiger partial charge in [0.25, 0.3) is 0 Å². The largest absolute Gasteiger partial charge is 0.434 e. The maximum Gasteiger partial charge on any atom is 0.434 e. The van der Waals surface area contributed by atoms with Gasteiger partial charge in [0.1, 0.15) is 5.69 Å². The van der Waals surface area contributed by atoms with Gasteiger partial charge in [-0.25, -0.2) is 9.97 Å². The Kier molecular flexibility index (Phi) is 2.54. The van der Waals surface area contributed by atoms with Crippen molar-refractivity contribution in [1.29, 1.82) is 0 Å². The van der Waals surface area contributed by atoms with Crippen LogP contribution in [0.5, 0.6) is 0 Å². The van der Waals surface area contributed by atoms with Crippen LogP contribution >= 0.6 is 0 Å². The lowest BCUT2D eigenvalue weighted by Crippen LogP contribution is -2.17. The highest BCUT2D eigenvalue weighted by Gasteiger charge is 2.32. The zero-order valence-corrected chi connectivity index (χ0v) is 6.65. The van der Waals surface area contributed by atoms with Crippen LogP contribution in [-0.4, -0.2) is 21.0 Å². The molecule has 1 heterocycles. The third-order valence-electron chi connectivity index (χ3n) is 1.31. The fourth-order valence-electron chi connectivity index (χ4n) is 0.658. The van der Waals surface area contributed by atoms with Crippen LogP contribution in [0.1, 0.15) is 11.4 Å². The molecular formula is C6H5F3N4O. The van der Waals surface area contributed by atoms with Gasteiger partial charge >= 0.3 is 6.18 Å². The van der Waals surface area contributed by atoms with Crippen LogP contribution < -0.4 is 5.73 Å². The van der Waals surface area contributed by atoms with Crippen LogP contribution in [0, 0.1) is 0 Å². The molecule has 1 aromatic rings. The van der Waals surface area contributed by atoms with Crippen molar-refractivity contribution in [2.24, 2.45) is 10.9 Å². The van der Waals surface area contributed by atoms with E-state index in [1.54, 1.807) is 0 Å². The van der Waals surface area contributed by atoms with Crippen LogP contribution in [0.25, 0.3) is 0 Å². The zero-order chi connectivity index (χ0) is 10.8. The van der Waals surface area contributed by atoms with Crippen LogP contribution in [-0.2, 0) is 6.18 Å². The van der Waals surface area contributed by atoms with Crippen LogP contribution in [0.2, 0.25) is 0 Å². The molecule has 0 radical (unpaired) electrons. The molecule has 0 unspecified atom stereocenters. The van der Waals surface area contributed by atoms with Crippen LogP contribution in [0.4, 0.5) is 13.2 Å². The van der Waals surface area contributed by atoms with E-state index in [-0.39, 0.29) is 5.69 Å². The van der Waals surface area contributed by atoms with Crippen molar-refractivity contribution in [2.75, 3.05) is 0 Å². The topological polar surface area (TPSA) is 84.4 Å². The molecule has 1 aromatic heterocycles. The van der Waals surface area contributed by atoms with Gasteiger partial charge in [0.2, 0.25) is 0 Å². The van der Waals surface area contributed by atoms with Crippen molar-refractivity contribution in [1.82, 2.24) is 9.97 Å². The molecule has 0 aliphatic carbocycles. The predicted molar refractivity (Wildman–Crippen MR) is 39.5 cm³/mol. The molecule has 0 aliphatic rings. The van der Waals surface area contributed by atoms with Crippen molar-refractivity contribution in [3.05, 3.63) is 23.8 Å². The summed E-state index contributed by atoms with van der Waals surface area (Å²) in [5.74, 6) is -0.397. The van der Waals surface area contributed by atoms with Crippen molar-refractivity contribution < 1.29 is 18.4 Å². The van der Waals surface area contributed by atoms with Crippen molar-refractivity contribution in [2.45, 2.75) is 6.18 Å². The number of nitrogens with two attached hydrogens (primary N) is 1. The van der Waals surface area contributed by atoms with Crippen molar-refractivity contribution in [3.8, 4) is 0 Å². The molecule has 0 spiro atoms. The summed E-state index contributed by atoms with van der Waals surface area (Å²) < 4.78 is 36.0. The lowest BCUT2D eigenvalue weighted by molar-refractivity contribution is -0.141. The molecule has 0 saturated carbocycles. The van der Waals surface area contributed by atoms with Gasteiger partial charge in [-0.2, -0.15) is 13.2 Å². The maximum atomic E-state index is 12.0. The van der Waals surface area contributed by atoms with E-state index in [9.17, 15) is 13.2 Å². The Labute approximate surface area is 76.1 Å². The lowest BCUT2D eigenvalue weighted by atomic mass is 10.4. The monoisotopic (exact) mass is 206 g/mol. The van der Waals surface area contributed by atoms with Gasteiger partial charge in [-0.1, -0.05) is 5.16 Å². The lowest BCUT2D eigenvalue weighted by Gasteiger charge is -2.04. The van der Waals surface area contributed by atoms with E-state index in [1.807, 2.05) is 0 Å². The molecule has 1 rings (SSSR count). The van der Waals surface area contributed by atoms with E-state index in [4.69, 9.17) is 10.9 Å². The summed E-state index contributed by atoms with van der Waals surface area (Å²) in [4.78, 5) is 6.38. The first-order valence-corrected chi connectivity index (χ1v) is 3.32. The van der Waals surface area contributed by atoms with E-state index in [1.165, 1.54) is 0 Å². The molecule has 0 fully saturated rings. The standard InChI is InChI=1S/C6H5F3N4O/c7-6(8,9)4-2-11-3(1-12-4)5(10)13-14/h1-2,14H,(H2,10,13). The van der Waals surface area contributed by atoms with E-state index in [2.05, 4.69) is 15.1 Å². The predicted octanol–water partition coefficient (Wildman–Crippen LogP) is 0.590. The van der Waals surface area contributed by atoms with Gasteiger partial charge in [0, 0.05) is 0 Å². The highest BCUT2D eigenvalue weighted by atomic mass is 19.4. The van der Waals surface area contributed by atoms with Gasteiger partial charge in [0.05, 0.1) is 12.4 Å². The first-order chi connectivity index (χ1) is 6.45. The number of oxime groups is 1. The summed E-state index contributed by atoms with van der Waals surface area (Å²) in [6.45, 7) is 0. The highest BCUT2D eigenvalue weighted by molar-refractivity contribution is 5.94. The molecule has 0 saturated heterocycles. The van der Waals surface area contributed by atoms with Gasteiger partial charge in [-0.3, -0.25) is 0 Å². The third kappa shape index (κ3) is 2.09. The average molecular weight is 206 g/mol. The fraction of sp³-hybridized carbons (Fsp3) is 0.167. The van der Waals surface area contributed by atoms with E-state index >= 15 is 0 Å². The zero-order valence-electron chi connectivity index (χ0n) is 6.65. The summed E-state index contributed by atoms with van der Waals surface area (Å²) in [6.07, 6.45) is -3.26. The van der Waals surface area contributed by atoms with Crippen LogP contribution in [0.15, 0.2) is 17.5 Å². The minimum absolute atomic E-state index is 0.125. The number of alkyl halides is 3. The summed E-state index contributed by atoms with van der Waals surface area (Å²) in [5, 5.41) is 10.8. The van der Waals surface area contributed by atoms with Gasteiger partial charge in [-0.15, -0.1) is 0 Å². The van der Waals surface area contributed by atoms with Gasteiger partial charge in [0.15, 0.2) is 11.5 Å². The van der Waals surface area contributed by atoms with Crippen molar-refractivity contribution >= 4 is 5.84 Å². The molecule has 14 heavy (non-hydrogen) atoms. The number of hydrogen-bond acceptors (Lipinski definition) is 4. The summed E-state index contributed by atoms with van der Waals surface area (Å²) in [7, 11) is 0. The molecule has 0 amide bonds. The first kappa shape index (κ1) is 10.2. The SMILES string of the molecule is N/C(=N\O)c1cnc(C(F)(F)F)cn1. The second kappa shape index (κ2) is 3.48. The molecule has 76 valence electrons. The number of halogens is 3. The Morgan fingerprint density at radius 3 is 2.36 bits per heavy atom. The fourth-order valence-corrected chi connectivity index (χ4v) is 0.658. The smallest absolute Gasteiger partial charge is 0.409 e. The van der Waals surface area contributed by atoms with Gasteiger partial charge < -0.3 is 10.9 Å². The Balaban J connectivity index is 3.01. The number of hydrogen-bond donors (Lipinski definition) is 2. The van der Waals surface area contributed by atoms with E-state index < -0.39 is 17.7 Å². The molecule has 0 aromatic carbocycles. The van der Waals surface area contributed by atoms with E-state index in [0.29, 0.717) is 6.20 Å². The number of rotatable bonds is 1. The quantitative estimate of drug-likeness (QED) is 0.305. The third-order valence-corrected chi connectivity index (χ3v) is 1.31. The summed E-state index contributed by atoms with van der Waals surface area (Å²) in [6, 6.07) is 0. The minimum Gasteiger partial charge on any atom is -0.409 e. The molecule has 3 N–H and O–H groups in total. The Bertz CT molecular complexity index is 345. The van der Waals surface area contributed by atoms with Crippen molar-refractivity contribution in [3.63, 3.8) is 0 Å². The Hall–Kier alpha value is -1.86. The summed E-state index contributed by atoms with van der Waals surface area (Å²) >= 11 is 0. The normalized spacial score (nSPS) is 12.9. The molecule has 8 heteroatoms.